The fourth-order valence-corrected chi connectivity index (χ4v) is 1.44. The topological polar surface area (TPSA) is 49.8 Å². The number of aliphatic hydroxyl groups excluding tert-OH is 1. The molecule has 0 bridgehead atoms. The second-order valence-corrected chi connectivity index (χ2v) is 3.02. The number of morpholine rings is 1. The van der Waals surface area contributed by atoms with Gasteiger partial charge in [0.1, 0.15) is 6.61 Å². The molecule has 0 aliphatic carbocycles. The summed E-state index contributed by atoms with van der Waals surface area (Å²) in [5, 5.41) is 8.77. The van der Waals surface area contributed by atoms with Crippen LogP contribution in [0.1, 0.15) is 6.42 Å². The zero-order valence-corrected chi connectivity index (χ0v) is 7.61. The highest BCUT2D eigenvalue weighted by molar-refractivity contribution is 5.78. The van der Waals surface area contributed by atoms with Gasteiger partial charge in [-0.15, -0.1) is 6.58 Å². The number of amides is 1. The van der Waals surface area contributed by atoms with Gasteiger partial charge in [0.15, 0.2) is 0 Å². The predicted molar refractivity (Wildman–Crippen MR) is 48.2 cm³/mol. The molecule has 0 aromatic heterocycles. The van der Waals surface area contributed by atoms with E-state index in [1.807, 2.05) is 0 Å². The lowest BCUT2D eigenvalue weighted by molar-refractivity contribution is -0.147. The van der Waals surface area contributed by atoms with Crippen molar-refractivity contribution in [3.63, 3.8) is 0 Å². The Hall–Kier alpha value is -0.870. The van der Waals surface area contributed by atoms with Crippen LogP contribution in [0.5, 0.6) is 0 Å². The minimum absolute atomic E-state index is 0.00394. The SMILES string of the molecule is C=CCN1C(=O)COCC1CCO. The third-order valence-electron chi connectivity index (χ3n) is 2.09. The van der Waals surface area contributed by atoms with E-state index in [1.165, 1.54) is 0 Å². The molecule has 1 aliphatic heterocycles. The normalized spacial score (nSPS) is 23.3. The maximum Gasteiger partial charge on any atom is 0.249 e. The summed E-state index contributed by atoms with van der Waals surface area (Å²) in [5.41, 5.74) is 0. The van der Waals surface area contributed by atoms with E-state index in [4.69, 9.17) is 9.84 Å². The molecule has 1 aliphatic rings. The van der Waals surface area contributed by atoms with Gasteiger partial charge in [0.05, 0.1) is 12.6 Å². The maximum atomic E-state index is 11.3. The third kappa shape index (κ3) is 2.54. The molecule has 1 unspecified atom stereocenters. The zero-order valence-electron chi connectivity index (χ0n) is 7.61. The molecule has 74 valence electrons. The number of ether oxygens (including phenoxy) is 1. The largest absolute Gasteiger partial charge is 0.396 e. The second-order valence-electron chi connectivity index (χ2n) is 3.02. The van der Waals surface area contributed by atoms with Crippen LogP contribution in [0.3, 0.4) is 0 Å². The van der Waals surface area contributed by atoms with Gasteiger partial charge in [-0.25, -0.2) is 0 Å². The zero-order chi connectivity index (χ0) is 9.68. The molecular weight excluding hydrogens is 170 g/mol. The fraction of sp³-hybridized carbons (Fsp3) is 0.667. The Bertz CT molecular complexity index is 191. The Morgan fingerprint density at radius 1 is 1.77 bits per heavy atom. The summed E-state index contributed by atoms with van der Waals surface area (Å²) in [6, 6.07) is 0.00394. The summed E-state index contributed by atoms with van der Waals surface area (Å²) >= 11 is 0. The van der Waals surface area contributed by atoms with E-state index in [0.29, 0.717) is 19.6 Å². The van der Waals surface area contributed by atoms with Gasteiger partial charge in [0, 0.05) is 13.2 Å². The Balaban J connectivity index is 2.56. The standard InChI is InChI=1S/C9H15NO3/c1-2-4-10-8(3-5-11)6-13-7-9(10)12/h2,8,11H,1,3-7H2. The summed E-state index contributed by atoms with van der Waals surface area (Å²) in [6.07, 6.45) is 2.26. The number of aliphatic hydroxyl groups is 1. The summed E-state index contributed by atoms with van der Waals surface area (Å²) in [5.74, 6) is -0.0235. The number of nitrogens with zero attached hydrogens (tertiary/aromatic N) is 1. The van der Waals surface area contributed by atoms with Gasteiger partial charge in [-0.3, -0.25) is 4.79 Å². The number of hydrogen-bond donors (Lipinski definition) is 1. The molecule has 0 radical (unpaired) electrons. The van der Waals surface area contributed by atoms with Crippen molar-refractivity contribution in [3.8, 4) is 0 Å². The smallest absolute Gasteiger partial charge is 0.249 e. The third-order valence-corrected chi connectivity index (χ3v) is 2.09. The van der Waals surface area contributed by atoms with Crippen LogP contribution in [0, 0.1) is 0 Å². The maximum absolute atomic E-state index is 11.3. The molecule has 1 amide bonds. The lowest BCUT2D eigenvalue weighted by atomic mass is 10.1. The van der Waals surface area contributed by atoms with Crippen molar-refractivity contribution in [1.29, 1.82) is 0 Å². The molecule has 1 rings (SSSR count). The Morgan fingerprint density at radius 2 is 2.54 bits per heavy atom. The van der Waals surface area contributed by atoms with Crippen molar-refractivity contribution in [2.45, 2.75) is 12.5 Å². The van der Waals surface area contributed by atoms with E-state index in [0.717, 1.165) is 0 Å². The number of carbonyl (C=O) groups is 1. The highest BCUT2D eigenvalue weighted by Gasteiger charge is 2.26. The average molecular weight is 185 g/mol. The van der Waals surface area contributed by atoms with Crippen LogP contribution in [-0.4, -0.2) is 48.3 Å². The Morgan fingerprint density at radius 3 is 3.15 bits per heavy atom. The van der Waals surface area contributed by atoms with E-state index in [9.17, 15) is 4.79 Å². The lowest BCUT2D eigenvalue weighted by Crippen LogP contribution is -2.49. The predicted octanol–water partition coefficient (Wildman–Crippen LogP) is -0.218. The number of carbonyl (C=O) groups excluding carboxylic acids is 1. The highest BCUT2D eigenvalue weighted by atomic mass is 16.5. The van der Waals surface area contributed by atoms with Gasteiger partial charge in [0.2, 0.25) is 5.91 Å². The van der Waals surface area contributed by atoms with Crippen LogP contribution in [0.4, 0.5) is 0 Å². The molecule has 0 aromatic rings. The molecule has 0 saturated carbocycles. The Kier molecular flexibility index (Phi) is 3.92. The van der Waals surface area contributed by atoms with Gasteiger partial charge in [-0.2, -0.15) is 0 Å². The van der Waals surface area contributed by atoms with Crippen molar-refractivity contribution in [1.82, 2.24) is 4.90 Å². The van der Waals surface area contributed by atoms with Crippen molar-refractivity contribution in [2.24, 2.45) is 0 Å². The van der Waals surface area contributed by atoms with Gasteiger partial charge in [-0.05, 0) is 6.42 Å². The summed E-state index contributed by atoms with van der Waals surface area (Å²) in [7, 11) is 0. The fourth-order valence-electron chi connectivity index (χ4n) is 1.44. The van der Waals surface area contributed by atoms with Gasteiger partial charge < -0.3 is 14.7 Å². The van der Waals surface area contributed by atoms with E-state index in [-0.39, 0.29) is 25.2 Å². The first-order valence-electron chi connectivity index (χ1n) is 4.38. The van der Waals surface area contributed by atoms with Gasteiger partial charge in [0.25, 0.3) is 0 Å². The molecule has 1 heterocycles. The monoisotopic (exact) mass is 185 g/mol. The minimum Gasteiger partial charge on any atom is -0.396 e. The molecule has 0 aromatic carbocycles. The molecule has 0 spiro atoms. The average Bonchev–Trinajstić information content (AvgIpc) is 2.11. The first kappa shape index (κ1) is 10.2. The first-order chi connectivity index (χ1) is 6.29. The molecule has 1 fully saturated rings. The van der Waals surface area contributed by atoms with Gasteiger partial charge >= 0.3 is 0 Å². The molecule has 1 saturated heterocycles. The van der Waals surface area contributed by atoms with Crippen LogP contribution in [-0.2, 0) is 9.53 Å². The van der Waals surface area contributed by atoms with E-state index >= 15 is 0 Å². The highest BCUT2D eigenvalue weighted by Crippen LogP contribution is 2.10. The van der Waals surface area contributed by atoms with Gasteiger partial charge in [-0.1, -0.05) is 6.08 Å². The number of hydrogen-bond acceptors (Lipinski definition) is 3. The molecule has 13 heavy (non-hydrogen) atoms. The van der Waals surface area contributed by atoms with E-state index < -0.39 is 0 Å². The van der Waals surface area contributed by atoms with Crippen LogP contribution in [0.25, 0.3) is 0 Å². The van der Waals surface area contributed by atoms with Crippen molar-refractivity contribution in [2.75, 3.05) is 26.4 Å². The van der Waals surface area contributed by atoms with Crippen LogP contribution in [0.2, 0.25) is 0 Å². The Labute approximate surface area is 77.8 Å². The summed E-state index contributed by atoms with van der Waals surface area (Å²) < 4.78 is 5.09. The minimum atomic E-state index is -0.0235. The summed E-state index contributed by atoms with van der Waals surface area (Å²) in [6.45, 7) is 4.86. The van der Waals surface area contributed by atoms with E-state index in [2.05, 4.69) is 6.58 Å². The van der Waals surface area contributed by atoms with E-state index in [1.54, 1.807) is 11.0 Å². The van der Waals surface area contributed by atoms with Crippen molar-refractivity contribution in [3.05, 3.63) is 12.7 Å². The molecule has 4 heteroatoms. The quantitative estimate of drug-likeness (QED) is 0.616. The van der Waals surface area contributed by atoms with Crippen LogP contribution in [0.15, 0.2) is 12.7 Å². The van der Waals surface area contributed by atoms with Crippen molar-refractivity contribution >= 4 is 5.91 Å². The summed E-state index contributed by atoms with van der Waals surface area (Å²) in [4.78, 5) is 13.0. The molecule has 1 atom stereocenters. The second kappa shape index (κ2) is 4.99. The van der Waals surface area contributed by atoms with Crippen molar-refractivity contribution < 1.29 is 14.6 Å². The molecule has 4 nitrogen and oxygen atoms in total. The molecule has 1 N–H and O–H groups in total. The first-order valence-corrected chi connectivity index (χ1v) is 4.38. The lowest BCUT2D eigenvalue weighted by Gasteiger charge is -2.34. The van der Waals surface area contributed by atoms with Crippen LogP contribution >= 0.6 is 0 Å². The number of rotatable bonds is 4. The van der Waals surface area contributed by atoms with Crippen LogP contribution < -0.4 is 0 Å². The molecular formula is C9H15NO3.